The van der Waals surface area contributed by atoms with Gasteiger partial charge in [-0.3, -0.25) is 4.79 Å². The summed E-state index contributed by atoms with van der Waals surface area (Å²) in [5, 5.41) is 0. The Bertz CT molecular complexity index is 700. The number of para-hydroxylation sites is 2. The third-order valence-electron chi connectivity index (χ3n) is 4.72. The largest absolute Gasteiger partial charge is 0.485 e. The van der Waals surface area contributed by atoms with Crippen LogP contribution in [-0.2, 0) is 9.53 Å². The van der Waals surface area contributed by atoms with Gasteiger partial charge in [-0.2, -0.15) is 0 Å². The van der Waals surface area contributed by atoms with E-state index in [1.54, 1.807) is 22.9 Å². The normalized spacial score (nSPS) is 22.1. The van der Waals surface area contributed by atoms with E-state index in [-0.39, 0.29) is 24.6 Å². The molecule has 0 aromatic heterocycles. The van der Waals surface area contributed by atoms with Gasteiger partial charge in [0.1, 0.15) is 12.2 Å². The van der Waals surface area contributed by atoms with Crippen molar-refractivity contribution in [1.29, 1.82) is 0 Å². The van der Waals surface area contributed by atoms with Crippen LogP contribution >= 0.6 is 0 Å². The maximum absolute atomic E-state index is 12.9. The van der Waals surface area contributed by atoms with E-state index in [1.165, 1.54) is 0 Å². The van der Waals surface area contributed by atoms with Crippen LogP contribution in [0.25, 0.3) is 0 Å². The van der Waals surface area contributed by atoms with E-state index in [0.29, 0.717) is 24.6 Å². The molecular formula is C20H28N2O5. The Labute approximate surface area is 160 Å². The molecule has 7 heteroatoms. The molecule has 2 amide bonds. The van der Waals surface area contributed by atoms with Crippen LogP contribution in [0.5, 0.6) is 11.5 Å². The molecule has 0 spiro atoms. The summed E-state index contributed by atoms with van der Waals surface area (Å²) in [6, 6.07) is 7.26. The van der Waals surface area contributed by atoms with Crippen molar-refractivity contribution in [1.82, 2.24) is 9.80 Å². The Morgan fingerprint density at radius 2 is 1.93 bits per heavy atom. The van der Waals surface area contributed by atoms with Gasteiger partial charge in [0.2, 0.25) is 6.10 Å². The molecule has 1 aromatic carbocycles. The van der Waals surface area contributed by atoms with Gasteiger partial charge in [0.15, 0.2) is 11.5 Å². The first kappa shape index (κ1) is 19.3. The molecule has 0 aliphatic carbocycles. The highest BCUT2D eigenvalue weighted by Gasteiger charge is 2.36. The van der Waals surface area contributed by atoms with E-state index in [2.05, 4.69) is 0 Å². The number of likely N-dealkylation sites (tertiary alicyclic amines) is 1. The van der Waals surface area contributed by atoms with Crippen molar-refractivity contribution in [3.8, 4) is 11.5 Å². The molecule has 148 valence electrons. The first-order valence-corrected chi connectivity index (χ1v) is 9.37. The van der Waals surface area contributed by atoms with Crippen molar-refractivity contribution >= 4 is 12.0 Å². The number of likely N-dealkylation sites (N-methyl/N-ethyl adjacent to an activating group) is 1. The molecule has 2 aliphatic rings. The van der Waals surface area contributed by atoms with Gasteiger partial charge in [0.05, 0.1) is 6.04 Å². The number of hydrogen-bond donors (Lipinski definition) is 0. The summed E-state index contributed by atoms with van der Waals surface area (Å²) in [5.74, 6) is 1.14. The molecule has 0 radical (unpaired) electrons. The molecule has 0 bridgehead atoms. The summed E-state index contributed by atoms with van der Waals surface area (Å²) >= 11 is 0. The van der Waals surface area contributed by atoms with Crippen LogP contribution in [0.2, 0.25) is 0 Å². The topological polar surface area (TPSA) is 68.3 Å². The highest BCUT2D eigenvalue weighted by atomic mass is 16.6. The molecule has 7 nitrogen and oxygen atoms in total. The highest BCUT2D eigenvalue weighted by Crippen LogP contribution is 2.31. The number of ether oxygens (including phenoxy) is 3. The fraction of sp³-hybridized carbons (Fsp3) is 0.600. The van der Waals surface area contributed by atoms with E-state index < -0.39 is 11.7 Å². The number of hydrogen-bond acceptors (Lipinski definition) is 5. The third kappa shape index (κ3) is 4.64. The zero-order valence-electron chi connectivity index (χ0n) is 16.4. The van der Waals surface area contributed by atoms with E-state index in [4.69, 9.17) is 14.2 Å². The van der Waals surface area contributed by atoms with Gasteiger partial charge in [0.25, 0.3) is 5.91 Å². The maximum Gasteiger partial charge on any atom is 0.410 e. The molecule has 1 saturated heterocycles. The Hall–Kier alpha value is -2.44. The van der Waals surface area contributed by atoms with Crippen LogP contribution in [-0.4, -0.2) is 66.3 Å². The van der Waals surface area contributed by atoms with Gasteiger partial charge in [0, 0.05) is 20.1 Å². The smallest absolute Gasteiger partial charge is 0.410 e. The minimum atomic E-state index is -0.662. The number of nitrogens with zero attached hydrogens (tertiary/aromatic N) is 2. The molecule has 27 heavy (non-hydrogen) atoms. The molecule has 0 saturated carbocycles. The molecule has 2 aliphatic heterocycles. The van der Waals surface area contributed by atoms with Crippen LogP contribution in [0.4, 0.5) is 4.79 Å². The lowest BCUT2D eigenvalue weighted by Gasteiger charge is -2.39. The fourth-order valence-electron chi connectivity index (χ4n) is 3.30. The summed E-state index contributed by atoms with van der Waals surface area (Å²) < 4.78 is 16.9. The zero-order chi connectivity index (χ0) is 19.6. The van der Waals surface area contributed by atoms with Crippen molar-refractivity contribution in [3.63, 3.8) is 0 Å². The van der Waals surface area contributed by atoms with Gasteiger partial charge < -0.3 is 24.0 Å². The summed E-state index contributed by atoms with van der Waals surface area (Å²) in [5.41, 5.74) is -0.545. The minimum absolute atomic E-state index is 0.0747. The number of carbonyl (C=O) groups is 2. The predicted octanol–water partition coefficient (Wildman–Crippen LogP) is 2.68. The number of rotatable bonds is 2. The van der Waals surface area contributed by atoms with Gasteiger partial charge >= 0.3 is 6.09 Å². The highest BCUT2D eigenvalue weighted by molar-refractivity contribution is 5.82. The van der Waals surface area contributed by atoms with E-state index >= 15 is 0 Å². The molecule has 2 atom stereocenters. The maximum atomic E-state index is 12.9. The second kappa shape index (κ2) is 7.66. The van der Waals surface area contributed by atoms with Crippen LogP contribution in [0.3, 0.4) is 0 Å². The molecular weight excluding hydrogens is 348 g/mol. The first-order valence-electron chi connectivity index (χ1n) is 9.37. The lowest BCUT2D eigenvalue weighted by Crippen LogP contribution is -2.55. The Morgan fingerprint density at radius 1 is 1.22 bits per heavy atom. The van der Waals surface area contributed by atoms with E-state index in [9.17, 15) is 9.59 Å². The predicted molar refractivity (Wildman–Crippen MR) is 100.0 cm³/mol. The van der Waals surface area contributed by atoms with Gasteiger partial charge in [-0.25, -0.2) is 4.79 Å². The quantitative estimate of drug-likeness (QED) is 0.794. The van der Waals surface area contributed by atoms with Crippen LogP contribution in [0.1, 0.15) is 33.6 Å². The summed E-state index contributed by atoms with van der Waals surface area (Å²) in [7, 11) is 1.73. The van der Waals surface area contributed by atoms with Crippen LogP contribution in [0.15, 0.2) is 24.3 Å². The monoisotopic (exact) mass is 376 g/mol. The number of amides is 2. The molecule has 1 aromatic rings. The lowest BCUT2D eigenvalue weighted by molar-refractivity contribution is -0.143. The number of piperidine rings is 1. The van der Waals surface area contributed by atoms with E-state index in [1.807, 2.05) is 39.0 Å². The van der Waals surface area contributed by atoms with Crippen molar-refractivity contribution in [2.75, 3.05) is 26.7 Å². The van der Waals surface area contributed by atoms with Crippen molar-refractivity contribution in [3.05, 3.63) is 24.3 Å². The number of fused-ring (bicyclic) bond motifs is 1. The standard InChI is InChI=1S/C20H28N2O5/c1-20(2,3)27-19(24)21(4)14-8-7-11-22(12-14)18(23)17-13-25-15-9-5-6-10-16(15)26-17/h5-6,9-10,14,17H,7-8,11-13H2,1-4H3/t14-,17+/m1/s1. The first-order chi connectivity index (χ1) is 12.7. The minimum Gasteiger partial charge on any atom is -0.485 e. The number of benzene rings is 1. The average Bonchev–Trinajstić information content (AvgIpc) is 2.65. The SMILES string of the molecule is CN(C(=O)OC(C)(C)C)[C@@H]1CCCN(C(=O)[C@@H]2COc3ccccc3O2)C1. The fourth-order valence-corrected chi connectivity index (χ4v) is 3.30. The summed E-state index contributed by atoms with van der Waals surface area (Å²) in [4.78, 5) is 28.6. The van der Waals surface area contributed by atoms with Crippen LogP contribution in [0, 0.1) is 0 Å². The van der Waals surface area contributed by atoms with Gasteiger partial charge in [-0.15, -0.1) is 0 Å². The Kier molecular flexibility index (Phi) is 5.48. The Balaban J connectivity index is 1.61. The van der Waals surface area contributed by atoms with Gasteiger partial charge in [-0.1, -0.05) is 12.1 Å². The molecule has 2 heterocycles. The summed E-state index contributed by atoms with van der Waals surface area (Å²) in [6.45, 7) is 6.84. The second-order valence-electron chi connectivity index (χ2n) is 8.04. The number of carbonyl (C=O) groups excluding carboxylic acids is 2. The lowest BCUT2D eigenvalue weighted by atomic mass is 10.0. The molecule has 0 unspecified atom stereocenters. The molecule has 3 rings (SSSR count). The van der Waals surface area contributed by atoms with E-state index in [0.717, 1.165) is 12.8 Å². The zero-order valence-corrected chi connectivity index (χ0v) is 16.4. The second-order valence-corrected chi connectivity index (χ2v) is 8.04. The van der Waals surface area contributed by atoms with Crippen molar-refractivity contribution < 1.29 is 23.8 Å². The Morgan fingerprint density at radius 3 is 2.63 bits per heavy atom. The summed E-state index contributed by atoms with van der Waals surface area (Å²) in [6.07, 6.45) is 0.636. The van der Waals surface area contributed by atoms with Crippen molar-refractivity contribution in [2.45, 2.75) is 51.4 Å². The van der Waals surface area contributed by atoms with Crippen molar-refractivity contribution in [2.24, 2.45) is 0 Å². The molecule has 0 N–H and O–H groups in total. The molecule has 1 fully saturated rings. The van der Waals surface area contributed by atoms with Gasteiger partial charge in [-0.05, 0) is 45.7 Å². The average molecular weight is 376 g/mol. The van der Waals surface area contributed by atoms with Crippen LogP contribution < -0.4 is 9.47 Å². The third-order valence-corrected chi connectivity index (χ3v) is 4.72.